The van der Waals surface area contributed by atoms with E-state index in [0.717, 1.165) is 0 Å². The van der Waals surface area contributed by atoms with Crippen LogP contribution < -0.4 is 0 Å². The Balaban J connectivity index is 1.98. The summed E-state index contributed by atoms with van der Waals surface area (Å²) >= 11 is 0. The van der Waals surface area contributed by atoms with Gasteiger partial charge < -0.3 is 4.43 Å². The van der Waals surface area contributed by atoms with Gasteiger partial charge >= 0.3 is 0 Å². The van der Waals surface area contributed by atoms with Crippen molar-refractivity contribution in [3.8, 4) is 0 Å². The zero-order chi connectivity index (χ0) is 8.82. The molecule has 0 aliphatic heterocycles. The van der Waals surface area contributed by atoms with E-state index in [-0.39, 0.29) is 5.60 Å². The Morgan fingerprint density at radius 1 is 1.33 bits per heavy atom. The molecule has 12 heavy (non-hydrogen) atoms. The lowest BCUT2D eigenvalue weighted by atomic mass is 9.97. The van der Waals surface area contributed by atoms with Gasteiger partial charge in [0.25, 0.3) is 0 Å². The first-order valence-electron chi connectivity index (χ1n) is 4.94. The van der Waals surface area contributed by atoms with Crippen LogP contribution in [-0.4, -0.2) is 13.9 Å². The van der Waals surface area contributed by atoms with Crippen molar-refractivity contribution in [1.29, 1.82) is 0 Å². The smallest absolute Gasteiger partial charge is 0.185 e. The van der Waals surface area contributed by atoms with Crippen LogP contribution in [0.1, 0.15) is 25.7 Å². The average Bonchev–Trinajstić information content (AvgIpc) is 2.56. The third kappa shape index (κ3) is 1.50. The highest BCUT2D eigenvalue weighted by atomic mass is 28.4. The van der Waals surface area contributed by atoms with Gasteiger partial charge in [-0.05, 0) is 57.0 Å². The Bertz CT molecular complexity index is 226. The van der Waals surface area contributed by atoms with Gasteiger partial charge in [-0.3, -0.25) is 0 Å². The zero-order valence-corrected chi connectivity index (χ0v) is 9.31. The van der Waals surface area contributed by atoms with E-state index >= 15 is 0 Å². The van der Waals surface area contributed by atoms with E-state index in [9.17, 15) is 0 Å². The fourth-order valence-corrected chi connectivity index (χ4v) is 3.54. The molecule has 0 aromatic rings. The minimum absolute atomic E-state index is 0.183. The lowest BCUT2D eigenvalue weighted by Gasteiger charge is -2.30. The fourth-order valence-electron chi connectivity index (χ4n) is 2.16. The molecule has 2 aliphatic rings. The van der Waals surface area contributed by atoms with Crippen molar-refractivity contribution in [1.82, 2.24) is 0 Å². The van der Waals surface area contributed by atoms with E-state index in [1.165, 1.54) is 25.7 Å². The van der Waals surface area contributed by atoms with Crippen molar-refractivity contribution < 1.29 is 4.43 Å². The molecule has 0 N–H and O–H groups in total. The number of rotatable bonds is 2. The van der Waals surface area contributed by atoms with Gasteiger partial charge in [0.15, 0.2) is 8.32 Å². The van der Waals surface area contributed by atoms with Crippen molar-refractivity contribution in [3.63, 3.8) is 0 Å². The van der Waals surface area contributed by atoms with Gasteiger partial charge in [-0.15, -0.1) is 0 Å². The highest BCUT2D eigenvalue weighted by Crippen LogP contribution is 2.50. The van der Waals surface area contributed by atoms with Gasteiger partial charge in [0.05, 0.1) is 5.60 Å². The summed E-state index contributed by atoms with van der Waals surface area (Å²) in [5, 5.41) is 0. The molecular formula is C10H18OSi. The average molecular weight is 182 g/mol. The highest BCUT2D eigenvalue weighted by Gasteiger charge is 2.48. The number of hydrogen-bond donors (Lipinski definition) is 0. The molecule has 2 aliphatic carbocycles. The van der Waals surface area contributed by atoms with E-state index in [1.807, 2.05) is 0 Å². The maximum Gasteiger partial charge on any atom is 0.185 e. The van der Waals surface area contributed by atoms with Gasteiger partial charge in [0, 0.05) is 0 Å². The van der Waals surface area contributed by atoms with Crippen molar-refractivity contribution >= 4 is 8.32 Å². The van der Waals surface area contributed by atoms with Crippen LogP contribution in [0.15, 0.2) is 11.6 Å². The number of fused-ring (bicyclic) bond motifs is 1. The van der Waals surface area contributed by atoms with Crippen LogP contribution in [0.3, 0.4) is 0 Å². The van der Waals surface area contributed by atoms with Gasteiger partial charge in [-0.1, -0.05) is 0 Å². The fraction of sp³-hybridized carbons (Fsp3) is 0.800. The first kappa shape index (κ1) is 8.51. The third-order valence-corrected chi connectivity index (χ3v) is 3.58. The quantitative estimate of drug-likeness (QED) is 0.471. The molecule has 0 aromatic carbocycles. The molecule has 1 fully saturated rings. The molecule has 0 amide bonds. The molecule has 1 nitrogen and oxygen atoms in total. The molecule has 0 radical (unpaired) electrons. The normalized spacial score (nSPS) is 34.1. The monoisotopic (exact) mass is 182 g/mol. The van der Waals surface area contributed by atoms with E-state index in [2.05, 4.69) is 25.7 Å². The standard InChI is InChI=1S/C10H18OSi/c1-12(2,3)11-10-7-5-4-6-9(10)8-10/h8H,4-7H2,1-3H3. The molecule has 0 saturated heterocycles. The van der Waals surface area contributed by atoms with Crippen LogP contribution in [0, 0.1) is 0 Å². The lowest BCUT2D eigenvalue weighted by Crippen LogP contribution is -2.36. The summed E-state index contributed by atoms with van der Waals surface area (Å²) in [7, 11) is -1.33. The van der Waals surface area contributed by atoms with Crippen LogP contribution in [0.4, 0.5) is 0 Å². The van der Waals surface area contributed by atoms with Crippen LogP contribution >= 0.6 is 0 Å². The van der Waals surface area contributed by atoms with E-state index in [4.69, 9.17) is 4.43 Å². The summed E-state index contributed by atoms with van der Waals surface area (Å²) in [5.41, 5.74) is 1.78. The molecule has 68 valence electrons. The third-order valence-electron chi connectivity index (χ3n) is 2.60. The van der Waals surface area contributed by atoms with Crippen LogP contribution in [-0.2, 0) is 4.43 Å². The predicted octanol–water partition coefficient (Wildman–Crippen LogP) is 3.09. The second-order valence-electron chi connectivity index (χ2n) is 4.98. The van der Waals surface area contributed by atoms with Crippen LogP contribution in [0.2, 0.25) is 19.6 Å². The second-order valence-corrected chi connectivity index (χ2v) is 9.41. The van der Waals surface area contributed by atoms with Crippen LogP contribution in [0.25, 0.3) is 0 Å². The largest absolute Gasteiger partial charge is 0.405 e. The summed E-state index contributed by atoms with van der Waals surface area (Å²) in [6, 6.07) is 0. The zero-order valence-electron chi connectivity index (χ0n) is 8.31. The minimum atomic E-state index is -1.33. The van der Waals surface area contributed by atoms with E-state index in [1.54, 1.807) is 5.57 Å². The summed E-state index contributed by atoms with van der Waals surface area (Å²) < 4.78 is 6.19. The van der Waals surface area contributed by atoms with Gasteiger partial charge in [-0.2, -0.15) is 0 Å². The van der Waals surface area contributed by atoms with Gasteiger partial charge in [0.1, 0.15) is 0 Å². The molecule has 2 rings (SSSR count). The summed E-state index contributed by atoms with van der Waals surface area (Å²) in [5.74, 6) is 0. The van der Waals surface area contributed by atoms with E-state index < -0.39 is 8.32 Å². The van der Waals surface area contributed by atoms with Gasteiger partial charge in [0.2, 0.25) is 0 Å². The molecule has 0 heterocycles. The first-order chi connectivity index (χ1) is 5.52. The molecule has 1 unspecified atom stereocenters. The predicted molar refractivity (Wildman–Crippen MR) is 53.7 cm³/mol. The molecule has 1 atom stereocenters. The van der Waals surface area contributed by atoms with E-state index in [0.29, 0.717) is 0 Å². The Morgan fingerprint density at radius 3 is 2.67 bits per heavy atom. The summed E-state index contributed by atoms with van der Waals surface area (Å²) in [6.07, 6.45) is 7.64. The Hall–Kier alpha value is -0.0831. The molecular weight excluding hydrogens is 164 g/mol. The van der Waals surface area contributed by atoms with Crippen molar-refractivity contribution in [2.75, 3.05) is 0 Å². The minimum Gasteiger partial charge on any atom is -0.405 e. The Labute approximate surface area is 75.9 Å². The second kappa shape index (κ2) is 2.45. The molecule has 0 bridgehead atoms. The van der Waals surface area contributed by atoms with Crippen molar-refractivity contribution in [2.24, 2.45) is 0 Å². The first-order valence-corrected chi connectivity index (χ1v) is 8.35. The SMILES string of the molecule is C[Si](C)(C)OC12C=C1CCCC2. The van der Waals surface area contributed by atoms with Crippen molar-refractivity contribution in [2.45, 2.75) is 50.9 Å². The summed E-state index contributed by atoms with van der Waals surface area (Å²) in [4.78, 5) is 0. The number of hydrogen-bond acceptors (Lipinski definition) is 1. The Morgan fingerprint density at radius 2 is 2.08 bits per heavy atom. The van der Waals surface area contributed by atoms with Crippen molar-refractivity contribution in [3.05, 3.63) is 11.6 Å². The lowest BCUT2D eigenvalue weighted by molar-refractivity contribution is 0.163. The van der Waals surface area contributed by atoms with Crippen LogP contribution in [0.5, 0.6) is 0 Å². The Kier molecular flexibility index (Phi) is 1.74. The molecule has 0 aromatic heterocycles. The molecule has 2 heteroatoms. The highest BCUT2D eigenvalue weighted by molar-refractivity contribution is 6.70. The molecule has 1 saturated carbocycles. The molecule has 0 spiro atoms. The maximum atomic E-state index is 6.19. The maximum absolute atomic E-state index is 6.19. The van der Waals surface area contributed by atoms with Gasteiger partial charge in [-0.25, -0.2) is 0 Å². The summed E-state index contributed by atoms with van der Waals surface area (Å²) in [6.45, 7) is 6.83. The topological polar surface area (TPSA) is 9.23 Å².